The van der Waals surface area contributed by atoms with Crippen molar-refractivity contribution in [2.24, 2.45) is 0 Å². The van der Waals surface area contributed by atoms with E-state index < -0.39 is 0 Å². The van der Waals surface area contributed by atoms with Gasteiger partial charge < -0.3 is 4.98 Å². The predicted molar refractivity (Wildman–Crippen MR) is 54.7 cm³/mol. The van der Waals surface area contributed by atoms with Crippen molar-refractivity contribution in [2.75, 3.05) is 0 Å². The first-order valence-electron chi connectivity index (χ1n) is 4.54. The van der Waals surface area contributed by atoms with E-state index in [9.17, 15) is 0 Å². The maximum Gasteiger partial charge on any atom is 0.116 e. The molecule has 3 nitrogen and oxygen atoms in total. The second-order valence-electron chi connectivity index (χ2n) is 2.64. The second-order valence-corrected chi connectivity index (χ2v) is 2.64. The fourth-order valence-corrected chi connectivity index (χ4v) is 1.20. The maximum atomic E-state index is 4.16. The standard InChI is InChI=1S/C8H9N3.C2H6/c1-5-7-3-9-6(2)8(7)11-4-10-5;1-2/h3-4,9H,1-2H3;1-2H3. The number of hydrogen-bond acceptors (Lipinski definition) is 2. The molecule has 3 heteroatoms. The monoisotopic (exact) mass is 177 g/mol. The Kier molecular flexibility index (Phi) is 3.01. The molecule has 0 aromatic carbocycles. The third kappa shape index (κ3) is 1.69. The minimum Gasteiger partial charge on any atom is -0.363 e. The van der Waals surface area contributed by atoms with Crippen LogP contribution in [-0.2, 0) is 0 Å². The van der Waals surface area contributed by atoms with E-state index in [-0.39, 0.29) is 0 Å². The highest BCUT2D eigenvalue weighted by atomic mass is 14.9. The summed E-state index contributed by atoms with van der Waals surface area (Å²) in [6, 6.07) is 0. The van der Waals surface area contributed by atoms with E-state index in [1.807, 2.05) is 33.9 Å². The van der Waals surface area contributed by atoms with E-state index in [1.54, 1.807) is 6.33 Å². The van der Waals surface area contributed by atoms with Crippen molar-refractivity contribution in [1.29, 1.82) is 0 Å². The molecule has 1 N–H and O–H groups in total. The van der Waals surface area contributed by atoms with Gasteiger partial charge >= 0.3 is 0 Å². The Labute approximate surface area is 78.2 Å². The number of aryl methyl sites for hydroxylation is 2. The van der Waals surface area contributed by atoms with Gasteiger partial charge in [-0.25, -0.2) is 9.97 Å². The summed E-state index contributed by atoms with van der Waals surface area (Å²) >= 11 is 0. The van der Waals surface area contributed by atoms with Crippen molar-refractivity contribution < 1.29 is 0 Å². The van der Waals surface area contributed by atoms with Gasteiger partial charge in [-0.15, -0.1) is 0 Å². The molecule has 2 rings (SSSR count). The molecule has 0 amide bonds. The number of aromatic amines is 1. The van der Waals surface area contributed by atoms with Crippen LogP contribution >= 0.6 is 0 Å². The van der Waals surface area contributed by atoms with Crippen molar-refractivity contribution in [1.82, 2.24) is 15.0 Å². The maximum absolute atomic E-state index is 4.16. The van der Waals surface area contributed by atoms with Crippen LogP contribution in [0.1, 0.15) is 25.2 Å². The molecule has 13 heavy (non-hydrogen) atoms. The van der Waals surface area contributed by atoms with Gasteiger partial charge in [0.1, 0.15) is 6.33 Å². The fourth-order valence-electron chi connectivity index (χ4n) is 1.20. The zero-order valence-corrected chi connectivity index (χ0v) is 8.55. The molecule has 0 saturated carbocycles. The van der Waals surface area contributed by atoms with Gasteiger partial charge in [0.25, 0.3) is 0 Å². The lowest BCUT2D eigenvalue weighted by molar-refractivity contribution is 1.15. The van der Waals surface area contributed by atoms with Crippen LogP contribution in [0.25, 0.3) is 10.9 Å². The van der Waals surface area contributed by atoms with Gasteiger partial charge in [0.15, 0.2) is 0 Å². The molecule has 0 atom stereocenters. The first-order chi connectivity index (χ1) is 6.29. The summed E-state index contributed by atoms with van der Waals surface area (Å²) < 4.78 is 0. The number of aromatic nitrogens is 3. The Bertz CT molecular complexity index is 390. The smallest absolute Gasteiger partial charge is 0.116 e. The number of fused-ring (bicyclic) bond motifs is 1. The first-order valence-corrected chi connectivity index (χ1v) is 4.54. The quantitative estimate of drug-likeness (QED) is 0.672. The Morgan fingerprint density at radius 3 is 2.46 bits per heavy atom. The molecule has 70 valence electrons. The first kappa shape index (κ1) is 9.71. The van der Waals surface area contributed by atoms with Crippen LogP contribution in [0.5, 0.6) is 0 Å². The zero-order valence-electron chi connectivity index (χ0n) is 8.55. The van der Waals surface area contributed by atoms with Gasteiger partial charge in [0.05, 0.1) is 11.2 Å². The summed E-state index contributed by atoms with van der Waals surface area (Å²) in [6.07, 6.45) is 3.54. The Hall–Kier alpha value is -1.38. The van der Waals surface area contributed by atoms with Gasteiger partial charge in [0.2, 0.25) is 0 Å². The normalized spacial score (nSPS) is 9.54. The van der Waals surface area contributed by atoms with Crippen LogP contribution in [0.3, 0.4) is 0 Å². The van der Waals surface area contributed by atoms with E-state index in [0.717, 1.165) is 22.3 Å². The van der Waals surface area contributed by atoms with Crippen molar-refractivity contribution in [3.63, 3.8) is 0 Å². The molecule has 0 radical (unpaired) electrons. The van der Waals surface area contributed by atoms with Crippen molar-refractivity contribution in [3.8, 4) is 0 Å². The molecular formula is C10H15N3. The molecule has 0 aliphatic rings. The number of H-pyrrole nitrogens is 1. The largest absolute Gasteiger partial charge is 0.363 e. The van der Waals surface area contributed by atoms with Gasteiger partial charge in [-0.1, -0.05) is 13.8 Å². The predicted octanol–water partition coefficient (Wildman–Crippen LogP) is 2.60. The second kappa shape index (κ2) is 4.03. The Morgan fingerprint density at radius 1 is 1.15 bits per heavy atom. The summed E-state index contributed by atoms with van der Waals surface area (Å²) in [6.45, 7) is 7.99. The molecule has 0 fully saturated rings. The molecule has 0 bridgehead atoms. The van der Waals surface area contributed by atoms with E-state index in [4.69, 9.17) is 0 Å². The van der Waals surface area contributed by atoms with Crippen LogP contribution in [0, 0.1) is 13.8 Å². The molecule has 0 saturated heterocycles. The minimum absolute atomic E-state index is 1.03. The summed E-state index contributed by atoms with van der Waals surface area (Å²) in [4.78, 5) is 11.4. The zero-order chi connectivity index (χ0) is 9.84. The molecule has 0 spiro atoms. The summed E-state index contributed by atoms with van der Waals surface area (Å²) in [5.41, 5.74) is 3.15. The van der Waals surface area contributed by atoms with E-state index in [1.165, 1.54) is 0 Å². The highest BCUT2D eigenvalue weighted by Crippen LogP contribution is 2.15. The number of rotatable bonds is 0. The lowest BCUT2D eigenvalue weighted by atomic mass is 10.3. The Balaban J connectivity index is 0.000000396. The Morgan fingerprint density at radius 2 is 1.85 bits per heavy atom. The summed E-state index contributed by atoms with van der Waals surface area (Å²) in [5, 5.41) is 1.12. The van der Waals surface area contributed by atoms with Gasteiger partial charge in [0, 0.05) is 17.3 Å². The van der Waals surface area contributed by atoms with Gasteiger partial charge in [-0.3, -0.25) is 0 Å². The number of nitrogens with zero attached hydrogens (tertiary/aromatic N) is 2. The number of nitrogens with one attached hydrogen (secondary N) is 1. The molecule has 2 aromatic rings. The molecule has 2 heterocycles. The molecular weight excluding hydrogens is 162 g/mol. The average Bonchev–Trinajstić information content (AvgIpc) is 2.53. The van der Waals surface area contributed by atoms with Gasteiger partial charge in [-0.05, 0) is 13.8 Å². The van der Waals surface area contributed by atoms with Crippen LogP contribution in [0.15, 0.2) is 12.5 Å². The van der Waals surface area contributed by atoms with Crippen LogP contribution in [0.2, 0.25) is 0 Å². The number of hydrogen-bond donors (Lipinski definition) is 1. The van der Waals surface area contributed by atoms with Crippen LogP contribution in [0.4, 0.5) is 0 Å². The third-order valence-corrected chi connectivity index (χ3v) is 1.87. The van der Waals surface area contributed by atoms with Crippen molar-refractivity contribution >= 4 is 10.9 Å². The minimum atomic E-state index is 1.03. The molecule has 2 aromatic heterocycles. The van der Waals surface area contributed by atoms with Crippen LogP contribution in [-0.4, -0.2) is 15.0 Å². The van der Waals surface area contributed by atoms with E-state index in [2.05, 4.69) is 15.0 Å². The van der Waals surface area contributed by atoms with Gasteiger partial charge in [-0.2, -0.15) is 0 Å². The molecule has 0 aliphatic carbocycles. The van der Waals surface area contributed by atoms with E-state index in [0.29, 0.717) is 0 Å². The molecule has 0 unspecified atom stereocenters. The third-order valence-electron chi connectivity index (χ3n) is 1.87. The summed E-state index contributed by atoms with van der Waals surface area (Å²) in [7, 11) is 0. The van der Waals surface area contributed by atoms with E-state index >= 15 is 0 Å². The summed E-state index contributed by atoms with van der Waals surface area (Å²) in [5.74, 6) is 0. The SMILES string of the molecule is CC.Cc1ncnc2c(C)[nH]cc12. The fraction of sp³-hybridized carbons (Fsp3) is 0.400. The van der Waals surface area contributed by atoms with Crippen LogP contribution < -0.4 is 0 Å². The topological polar surface area (TPSA) is 41.6 Å². The average molecular weight is 177 g/mol. The van der Waals surface area contributed by atoms with Crippen molar-refractivity contribution in [2.45, 2.75) is 27.7 Å². The lowest BCUT2D eigenvalue weighted by Gasteiger charge is -1.91. The highest BCUT2D eigenvalue weighted by Gasteiger charge is 2.01. The van der Waals surface area contributed by atoms with Crippen molar-refractivity contribution in [3.05, 3.63) is 23.9 Å². The lowest BCUT2D eigenvalue weighted by Crippen LogP contribution is -1.83. The molecule has 0 aliphatic heterocycles. The highest BCUT2D eigenvalue weighted by molar-refractivity contribution is 5.82.